The van der Waals surface area contributed by atoms with Crippen LogP contribution in [0.5, 0.6) is 0 Å². The number of nitrogens with zero attached hydrogens (tertiary/aromatic N) is 1. The standard InChI is InChI=1S/C12H12ClN3O4S/c1-8-4-10(13)11(16(17)18)5-12(8)21(19,20)15-7-9-2-3-14-6-9/h2-6,14-15H,7H2,1H3. The van der Waals surface area contributed by atoms with Crippen LogP contribution in [-0.4, -0.2) is 18.3 Å². The second kappa shape index (κ2) is 5.84. The van der Waals surface area contributed by atoms with Gasteiger partial charge in [0.25, 0.3) is 5.69 Å². The summed E-state index contributed by atoms with van der Waals surface area (Å²) >= 11 is 5.74. The number of sulfonamides is 1. The molecule has 7 nitrogen and oxygen atoms in total. The maximum absolute atomic E-state index is 12.2. The van der Waals surface area contributed by atoms with Crippen molar-refractivity contribution < 1.29 is 13.3 Å². The Morgan fingerprint density at radius 1 is 1.43 bits per heavy atom. The van der Waals surface area contributed by atoms with E-state index in [9.17, 15) is 18.5 Å². The molecule has 0 aliphatic heterocycles. The SMILES string of the molecule is Cc1cc(Cl)c([N+](=O)[O-])cc1S(=O)(=O)NCc1cc[nH]c1. The fourth-order valence-corrected chi connectivity index (χ4v) is 3.35. The molecule has 0 amide bonds. The molecule has 0 bridgehead atoms. The number of H-pyrrole nitrogens is 1. The molecule has 0 fully saturated rings. The molecule has 0 radical (unpaired) electrons. The third-order valence-corrected chi connectivity index (χ3v) is 4.71. The van der Waals surface area contributed by atoms with Gasteiger partial charge in [-0.25, -0.2) is 13.1 Å². The number of aromatic amines is 1. The molecule has 0 unspecified atom stereocenters. The zero-order chi connectivity index (χ0) is 15.6. The highest BCUT2D eigenvalue weighted by molar-refractivity contribution is 7.89. The molecule has 0 saturated heterocycles. The molecule has 1 aromatic carbocycles. The minimum atomic E-state index is -3.87. The van der Waals surface area contributed by atoms with Gasteiger partial charge < -0.3 is 4.98 Å². The molecular formula is C12H12ClN3O4S. The first kappa shape index (κ1) is 15.5. The highest BCUT2D eigenvalue weighted by Crippen LogP contribution is 2.30. The van der Waals surface area contributed by atoms with Crippen LogP contribution in [-0.2, 0) is 16.6 Å². The first-order valence-electron chi connectivity index (χ1n) is 5.87. The molecule has 2 N–H and O–H groups in total. The van der Waals surface area contributed by atoms with Crippen LogP contribution < -0.4 is 4.72 Å². The number of benzene rings is 1. The highest BCUT2D eigenvalue weighted by atomic mass is 35.5. The predicted molar refractivity (Wildman–Crippen MR) is 77.7 cm³/mol. The Morgan fingerprint density at radius 2 is 2.14 bits per heavy atom. The molecule has 1 heterocycles. The van der Waals surface area contributed by atoms with Crippen molar-refractivity contribution in [1.82, 2.24) is 9.71 Å². The zero-order valence-corrected chi connectivity index (χ0v) is 12.5. The van der Waals surface area contributed by atoms with E-state index in [-0.39, 0.29) is 16.5 Å². The molecule has 21 heavy (non-hydrogen) atoms. The molecule has 1 aromatic heterocycles. The van der Waals surface area contributed by atoms with E-state index in [0.717, 1.165) is 11.6 Å². The van der Waals surface area contributed by atoms with Gasteiger partial charge in [-0.05, 0) is 30.2 Å². The van der Waals surface area contributed by atoms with E-state index < -0.39 is 20.6 Å². The summed E-state index contributed by atoms with van der Waals surface area (Å²) in [5, 5.41) is 10.8. The number of hydrogen-bond acceptors (Lipinski definition) is 4. The van der Waals surface area contributed by atoms with Crippen LogP contribution in [0.25, 0.3) is 0 Å². The first-order chi connectivity index (χ1) is 9.81. The van der Waals surface area contributed by atoms with Crippen LogP contribution in [0.3, 0.4) is 0 Å². The van der Waals surface area contributed by atoms with Crippen molar-refractivity contribution in [3.05, 3.63) is 56.9 Å². The minimum Gasteiger partial charge on any atom is -0.367 e. The number of aromatic nitrogens is 1. The Balaban J connectivity index is 2.35. The number of aryl methyl sites for hydroxylation is 1. The van der Waals surface area contributed by atoms with E-state index in [0.29, 0.717) is 5.56 Å². The summed E-state index contributed by atoms with van der Waals surface area (Å²) in [6.07, 6.45) is 3.32. The van der Waals surface area contributed by atoms with E-state index in [1.54, 1.807) is 18.5 Å². The van der Waals surface area contributed by atoms with Crippen molar-refractivity contribution in [2.24, 2.45) is 0 Å². The summed E-state index contributed by atoms with van der Waals surface area (Å²) in [6, 6.07) is 3.96. The smallest absolute Gasteiger partial charge is 0.289 e. The minimum absolute atomic E-state index is 0.0850. The normalized spacial score (nSPS) is 11.5. The molecule has 0 atom stereocenters. The lowest BCUT2D eigenvalue weighted by atomic mass is 10.2. The van der Waals surface area contributed by atoms with Crippen molar-refractivity contribution in [2.45, 2.75) is 18.4 Å². The number of halogens is 1. The van der Waals surface area contributed by atoms with E-state index in [1.807, 2.05) is 0 Å². The van der Waals surface area contributed by atoms with E-state index in [1.165, 1.54) is 13.0 Å². The lowest BCUT2D eigenvalue weighted by Gasteiger charge is -2.09. The molecule has 0 aliphatic rings. The van der Waals surface area contributed by atoms with Crippen molar-refractivity contribution in [3.63, 3.8) is 0 Å². The molecule has 0 saturated carbocycles. The average molecular weight is 330 g/mol. The second-order valence-electron chi connectivity index (χ2n) is 4.37. The fourth-order valence-electron chi connectivity index (χ4n) is 1.80. The Bertz CT molecular complexity index is 772. The summed E-state index contributed by atoms with van der Waals surface area (Å²) in [5.41, 5.74) is 0.649. The number of hydrogen-bond donors (Lipinski definition) is 2. The third-order valence-electron chi connectivity index (χ3n) is 2.86. The number of nitro groups is 1. The first-order valence-corrected chi connectivity index (χ1v) is 7.73. The monoisotopic (exact) mass is 329 g/mol. The van der Waals surface area contributed by atoms with E-state index in [4.69, 9.17) is 11.6 Å². The molecule has 0 aliphatic carbocycles. The lowest BCUT2D eigenvalue weighted by Crippen LogP contribution is -2.24. The van der Waals surface area contributed by atoms with Gasteiger partial charge in [-0.15, -0.1) is 0 Å². The van der Waals surface area contributed by atoms with Gasteiger partial charge in [0.2, 0.25) is 10.0 Å². The second-order valence-corrected chi connectivity index (χ2v) is 6.51. The van der Waals surface area contributed by atoms with Gasteiger partial charge >= 0.3 is 0 Å². The van der Waals surface area contributed by atoms with Gasteiger partial charge in [-0.2, -0.15) is 0 Å². The predicted octanol–water partition coefficient (Wildman–Crippen LogP) is 2.36. The van der Waals surface area contributed by atoms with Crippen molar-refractivity contribution in [3.8, 4) is 0 Å². The van der Waals surface area contributed by atoms with Gasteiger partial charge in [0.15, 0.2) is 0 Å². The van der Waals surface area contributed by atoms with Gasteiger partial charge in [0, 0.05) is 25.0 Å². The molecule has 2 aromatic rings. The molecule has 9 heteroatoms. The lowest BCUT2D eigenvalue weighted by molar-refractivity contribution is -0.384. The third kappa shape index (κ3) is 3.41. The molecule has 0 spiro atoms. The molecular weight excluding hydrogens is 318 g/mol. The summed E-state index contributed by atoms with van der Waals surface area (Å²) in [6.45, 7) is 1.61. The van der Waals surface area contributed by atoms with Gasteiger partial charge in [-0.1, -0.05) is 11.6 Å². The number of nitrogens with one attached hydrogen (secondary N) is 2. The van der Waals surface area contributed by atoms with Gasteiger partial charge in [-0.3, -0.25) is 10.1 Å². The van der Waals surface area contributed by atoms with Gasteiger partial charge in [0.1, 0.15) is 5.02 Å². The number of nitro benzene ring substituents is 1. The fraction of sp³-hybridized carbons (Fsp3) is 0.167. The summed E-state index contributed by atoms with van der Waals surface area (Å²) in [4.78, 5) is 12.8. The Labute approximate surface area is 126 Å². The summed E-state index contributed by atoms with van der Waals surface area (Å²) < 4.78 is 26.9. The van der Waals surface area contributed by atoms with Crippen LogP contribution in [0.4, 0.5) is 5.69 Å². The quantitative estimate of drug-likeness (QED) is 0.648. The van der Waals surface area contributed by atoms with Gasteiger partial charge in [0.05, 0.1) is 9.82 Å². The Morgan fingerprint density at radius 3 is 2.71 bits per heavy atom. The largest absolute Gasteiger partial charge is 0.367 e. The van der Waals surface area contributed by atoms with Crippen LogP contribution in [0, 0.1) is 17.0 Å². The van der Waals surface area contributed by atoms with E-state index in [2.05, 4.69) is 9.71 Å². The molecule has 2 rings (SSSR count). The highest BCUT2D eigenvalue weighted by Gasteiger charge is 2.23. The maximum atomic E-state index is 12.2. The topological polar surface area (TPSA) is 105 Å². The van der Waals surface area contributed by atoms with Crippen LogP contribution in [0.1, 0.15) is 11.1 Å². The van der Waals surface area contributed by atoms with Crippen molar-refractivity contribution in [2.75, 3.05) is 0 Å². The Hall–Kier alpha value is -1.90. The van der Waals surface area contributed by atoms with Crippen molar-refractivity contribution in [1.29, 1.82) is 0 Å². The van der Waals surface area contributed by atoms with Crippen LogP contribution in [0.2, 0.25) is 5.02 Å². The Kier molecular flexibility index (Phi) is 4.31. The van der Waals surface area contributed by atoms with Crippen molar-refractivity contribution >= 4 is 27.3 Å². The van der Waals surface area contributed by atoms with E-state index >= 15 is 0 Å². The molecule has 112 valence electrons. The zero-order valence-electron chi connectivity index (χ0n) is 11.0. The summed E-state index contributed by atoms with van der Waals surface area (Å²) in [5.74, 6) is 0. The summed E-state index contributed by atoms with van der Waals surface area (Å²) in [7, 11) is -3.87. The van der Waals surface area contributed by atoms with Crippen LogP contribution >= 0.6 is 11.6 Å². The van der Waals surface area contributed by atoms with Crippen LogP contribution in [0.15, 0.2) is 35.5 Å². The number of rotatable bonds is 5. The average Bonchev–Trinajstić information content (AvgIpc) is 2.88. The maximum Gasteiger partial charge on any atom is 0.289 e.